The van der Waals surface area contributed by atoms with E-state index in [9.17, 15) is 4.79 Å². The second-order valence-electron chi connectivity index (χ2n) is 8.97. The lowest BCUT2D eigenvalue weighted by atomic mass is 9.98. The molecule has 0 aliphatic heterocycles. The number of nitrogens with zero attached hydrogens (tertiary/aromatic N) is 6. The topological polar surface area (TPSA) is 94.3 Å². The molecule has 1 N–H and O–H groups in total. The number of terminal acetylenes is 1. The summed E-state index contributed by atoms with van der Waals surface area (Å²) in [6.07, 6.45) is 13.7. The summed E-state index contributed by atoms with van der Waals surface area (Å²) in [6.45, 7) is 3.32. The zero-order chi connectivity index (χ0) is 25.2. The molecule has 0 bridgehead atoms. The Hall–Kier alpha value is -3.99. The van der Waals surface area contributed by atoms with Crippen LogP contribution in [0.1, 0.15) is 63.3 Å². The molecule has 2 heterocycles. The number of benzene rings is 2. The number of hydrogen-bond donors (Lipinski definition) is 1. The SMILES string of the molecule is C#CCCc1nn(CCCCCCCC)c(=O)n1Cc1ccc(-c2ccccc2-c2nnn[nH]2)cc1. The highest BCUT2D eigenvalue weighted by molar-refractivity contribution is 5.80. The van der Waals surface area contributed by atoms with Crippen LogP contribution in [0.2, 0.25) is 0 Å². The molecule has 0 aliphatic rings. The predicted octanol–water partition coefficient (Wildman–Crippen LogP) is 4.87. The van der Waals surface area contributed by atoms with Crippen LogP contribution in [-0.4, -0.2) is 35.0 Å². The van der Waals surface area contributed by atoms with Crippen LogP contribution in [0.25, 0.3) is 22.5 Å². The maximum absolute atomic E-state index is 13.2. The fraction of sp³-hybridized carbons (Fsp3) is 0.393. The first-order valence-electron chi connectivity index (χ1n) is 12.7. The highest BCUT2D eigenvalue weighted by atomic mass is 16.2. The van der Waals surface area contributed by atoms with Crippen LogP contribution in [0.3, 0.4) is 0 Å². The fourth-order valence-electron chi connectivity index (χ4n) is 4.39. The number of hydrogen-bond acceptors (Lipinski definition) is 5. The van der Waals surface area contributed by atoms with Crippen molar-refractivity contribution in [2.45, 2.75) is 71.4 Å². The summed E-state index contributed by atoms with van der Waals surface area (Å²) in [4.78, 5) is 13.2. The average Bonchev–Trinajstić information content (AvgIpc) is 3.55. The van der Waals surface area contributed by atoms with Crippen LogP contribution in [0.5, 0.6) is 0 Å². The van der Waals surface area contributed by atoms with Crippen molar-refractivity contribution in [2.75, 3.05) is 0 Å². The largest absolute Gasteiger partial charge is 0.346 e. The third kappa shape index (κ3) is 6.16. The Morgan fingerprint density at radius 3 is 2.44 bits per heavy atom. The number of rotatable bonds is 13. The lowest BCUT2D eigenvalue weighted by Crippen LogP contribution is -2.26. The molecule has 0 aliphatic carbocycles. The van der Waals surface area contributed by atoms with E-state index in [0.29, 0.717) is 31.8 Å². The van der Waals surface area contributed by atoms with Crippen LogP contribution in [-0.2, 0) is 19.5 Å². The first-order valence-corrected chi connectivity index (χ1v) is 12.7. The number of nitrogens with one attached hydrogen (secondary N) is 1. The predicted molar refractivity (Wildman–Crippen MR) is 141 cm³/mol. The first kappa shape index (κ1) is 25.1. The molecule has 4 aromatic rings. The van der Waals surface area contributed by atoms with Crippen molar-refractivity contribution in [1.29, 1.82) is 0 Å². The summed E-state index contributed by atoms with van der Waals surface area (Å²) in [7, 11) is 0. The molecule has 36 heavy (non-hydrogen) atoms. The molecule has 0 saturated carbocycles. The van der Waals surface area contributed by atoms with E-state index in [1.54, 1.807) is 9.25 Å². The van der Waals surface area contributed by atoms with E-state index < -0.39 is 0 Å². The molecule has 8 heteroatoms. The smallest absolute Gasteiger partial charge is 0.274 e. The molecule has 4 rings (SSSR count). The van der Waals surface area contributed by atoms with Gasteiger partial charge in [0.2, 0.25) is 0 Å². The standard InChI is InChI=1S/C28H33N7O/c1-3-5-7-8-9-12-20-35-28(36)34(26(31-35)15-6-4-2)21-22-16-18-23(19-17-22)24-13-10-11-14-25(24)27-29-32-33-30-27/h2,10-11,13-14,16-19H,3,5-9,12,15,20-21H2,1H3,(H,29,30,32,33). The highest BCUT2D eigenvalue weighted by Gasteiger charge is 2.14. The monoisotopic (exact) mass is 483 g/mol. The number of unbranched alkanes of at least 4 members (excludes halogenated alkanes) is 5. The van der Waals surface area contributed by atoms with Gasteiger partial charge in [-0.3, -0.25) is 4.57 Å². The summed E-state index contributed by atoms with van der Waals surface area (Å²) in [5.74, 6) is 4.04. The maximum atomic E-state index is 13.2. The average molecular weight is 484 g/mol. The molecule has 0 saturated heterocycles. The minimum absolute atomic E-state index is 0.0668. The van der Waals surface area contributed by atoms with E-state index in [-0.39, 0.29) is 5.69 Å². The van der Waals surface area contributed by atoms with E-state index in [1.807, 2.05) is 36.4 Å². The van der Waals surface area contributed by atoms with Gasteiger partial charge in [0.1, 0.15) is 5.82 Å². The van der Waals surface area contributed by atoms with Crippen LogP contribution in [0.15, 0.2) is 53.3 Å². The summed E-state index contributed by atoms with van der Waals surface area (Å²) in [5.41, 5.74) is 3.97. The summed E-state index contributed by atoms with van der Waals surface area (Å²) in [6, 6.07) is 16.2. The Balaban J connectivity index is 1.50. The van der Waals surface area contributed by atoms with Crippen molar-refractivity contribution in [3.05, 3.63) is 70.4 Å². The number of aryl methyl sites for hydroxylation is 2. The zero-order valence-electron chi connectivity index (χ0n) is 20.9. The van der Waals surface area contributed by atoms with Gasteiger partial charge in [0.15, 0.2) is 5.82 Å². The Kier molecular flexibility index (Phi) is 8.82. The third-order valence-electron chi connectivity index (χ3n) is 6.35. The van der Waals surface area contributed by atoms with Crippen molar-refractivity contribution >= 4 is 0 Å². The van der Waals surface area contributed by atoms with Crippen molar-refractivity contribution in [2.24, 2.45) is 0 Å². The Morgan fingerprint density at radius 2 is 1.72 bits per heavy atom. The lowest BCUT2D eigenvalue weighted by Gasteiger charge is -2.09. The number of aromatic nitrogens is 7. The molecule has 0 fully saturated rings. The van der Waals surface area contributed by atoms with E-state index in [4.69, 9.17) is 6.42 Å². The second-order valence-corrected chi connectivity index (χ2v) is 8.97. The van der Waals surface area contributed by atoms with E-state index >= 15 is 0 Å². The van der Waals surface area contributed by atoms with Gasteiger partial charge in [-0.1, -0.05) is 87.6 Å². The zero-order valence-corrected chi connectivity index (χ0v) is 20.9. The fourth-order valence-corrected chi connectivity index (χ4v) is 4.39. The molecule has 186 valence electrons. The molecule has 2 aromatic carbocycles. The van der Waals surface area contributed by atoms with Gasteiger partial charge < -0.3 is 0 Å². The number of H-pyrrole nitrogens is 1. The van der Waals surface area contributed by atoms with Crippen molar-refractivity contribution in [3.63, 3.8) is 0 Å². The van der Waals surface area contributed by atoms with Crippen LogP contribution >= 0.6 is 0 Å². The van der Waals surface area contributed by atoms with Crippen LogP contribution in [0.4, 0.5) is 0 Å². The molecule has 0 atom stereocenters. The molecule has 2 aromatic heterocycles. The minimum atomic E-state index is -0.0668. The van der Waals surface area contributed by atoms with Gasteiger partial charge in [0, 0.05) is 24.9 Å². The van der Waals surface area contributed by atoms with E-state index in [2.05, 4.69) is 50.7 Å². The van der Waals surface area contributed by atoms with Gasteiger partial charge in [-0.05, 0) is 33.5 Å². The Labute approximate surface area is 211 Å². The second kappa shape index (κ2) is 12.6. The van der Waals surface area contributed by atoms with Gasteiger partial charge in [0.25, 0.3) is 0 Å². The highest BCUT2D eigenvalue weighted by Crippen LogP contribution is 2.29. The molecular formula is C28H33N7O. The summed E-state index contributed by atoms with van der Waals surface area (Å²) < 4.78 is 3.37. The molecule has 8 nitrogen and oxygen atoms in total. The summed E-state index contributed by atoms with van der Waals surface area (Å²) in [5, 5.41) is 18.9. The summed E-state index contributed by atoms with van der Waals surface area (Å²) >= 11 is 0. The molecule has 0 spiro atoms. The Bertz CT molecular complexity index is 1330. The minimum Gasteiger partial charge on any atom is -0.274 e. The quantitative estimate of drug-likeness (QED) is 0.216. The third-order valence-corrected chi connectivity index (χ3v) is 6.35. The Morgan fingerprint density at radius 1 is 0.972 bits per heavy atom. The van der Waals surface area contributed by atoms with Crippen molar-refractivity contribution < 1.29 is 0 Å². The van der Waals surface area contributed by atoms with Crippen molar-refractivity contribution in [1.82, 2.24) is 35.0 Å². The molecule has 0 amide bonds. The normalized spacial score (nSPS) is 11.0. The van der Waals surface area contributed by atoms with Crippen molar-refractivity contribution in [3.8, 4) is 34.9 Å². The van der Waals surface area contributed by atoms with Crippen LogP contribution in [0, 0.1) is 12.3 Å². The van der Waals surface area contributed by atoms with Gasteiger partial charge >= 0.3 is 5.69 Å². The van der Waals surface area contributed by atoms with E-state index in [0.717, 1.165) is 40.9 Å². The molecular weight excluding hydrogens is 450 g/mol. The van der Waals surface area contributed by atoms with Gasteiger partial charge in [-0.15, -0.1) is 17.4 Å². The van der Waals surface area contributed by atoms with Gasteiger partial charge in [0.05, 0.1) is 6.54 Å². The number of aromatic amines is 1. The molecule has 0 radical (unpaired) electrons. The molecule has 0 unspecified atom stereocenters. The van der Waals surface area contributed by atoms with Crippen LogP contribution < -0.4 is 5.69 Å². The first-order chi connectivity index (χ1) is 17.7. The lowest BCUT2D eigenvalue weighted by molar-refractivity contribution is 0.510. The maximum Gasteiger partial charge on any atom is 0.346 e. The van der Waals surface area contributed by atoms with Gasteiger partial charge in [-0.2, -0.15) is 5.10 Å². The van der Waals surface area contributed by atoms with E-state index in [1.165, 1.54) is 25.7 Å². The van der Waals surface area contributed by atoms with Gasteiger partial charge in [-0.25, -0.2) is 14.6 Å². The number of tetrazole rings is 1.